The standard InChI is InChI=1S/C20H23N5O/c1-13-14(2)25-20(24-13)19-8-16(3-5-22-19)17-7-18(11-21-10-17)23-9-15-4-6-26-12-15/h3,5,7-8,10-11,15,23H,4,6,9,12H2,1-2H3,(H,24,25). The van der Waals surface area contributed by atoms with Crippen LogP contribution in [0.5, 0.6) is 0 Å². The van der Waals surface area contributed by atoms with Crippen molar-refractivity contribution in [1.82, 2.24) is 19.9 Å². The van der Waals surface area contributed by atoms with E-state index < -0.39 is 0 Å². The quantitative estimate of drug-likeness (QED) is 0.736. The van der Waals surface area contributed by atoms with Crippen LogP contribution < -0.4 is 5.32 Å². The van der Waals surface area contributed by atoms with E-state index in [9.17, 15) is 0 Å². The lowest BCUT2D eigenvalue weighted by atomic mass is 10.1. The molecule has 0 saturated carbocycles. The van der Waals surface area contributed by atoms with Crippen molar-refractivity contribution in [3.05, 3.63) is 48.2 Å². The second-order valence-corrected chi connectivity index (χ2v) is 6.80. The highest BCUT2D eigenvalue weighted by atomic mass is 16.5. The van der Waals surface area contributed by atoms with Crippen LogP contribution in [-0.2, 0) is 4.74 Å². The summed E-state index contributed by atoms with van der Waals surface area (Å²) in [6, 6.07) is 6.17. The maximum absolute atomic E-state index is 5.43. The van der Waals surface area contributed by atoms with Gasteiger partial charge >= 0.3 is 0 Å². The van der Waals surface area contributed by atoms with Gasteiger partial charge in [0, 0.05) is 48.9 Å². The zero-order valence-corrected chi connectivity index (χ0v) is 15.1. The molecular weight excluding hydrogens is 326 g/mol. The minimum atomic E-state index is 0.580. The third-order valence-electron chi connectivity index (χ3n) is 4.82. The number of hydrogen-bond acceptors (Lipinski definition) is 5. The molecule has 4 heterocycles. The molecule has 0 aromatic carbocycles. The summed E-state index contributed by atoms with van der Waals surface area (Å²) >= 11 is 0. The Hall–Kier alpha value is -2.73. The van der Waals surface area contributed by atoms with E-state index in [0.717, 1.165) is 65.9 Å². The maximum Gasteiger partial charge on any atom is 0.156 e. The Labute approximate surface area is 153 Å². The van der Waals surface area contributed by atoms with Crippen molar-refractivity contribution < 1.29 is 4.74 Å². The molecule has 6 heteroatoms. The van der Waals surface area contributed by atoms with Gasteiger partial charge in [-0.25, -0.2) is 4.98 Å². The summed E-state index contributed by atoms with van der Waals surface area (Å²) in [5.74, 6) is 1.38. The Morgan fingerprint density at radius 2 is 2.15 bits per heavy atom. The molecule has 1 aliphatic heterocycles. The van der Waals surface area contributed by atoms with Gasteiger partial charge in [0.2, 0.25) is 0 Å². The summed E-state index contributed by atoms with van der Waals surface area (Å²) in [6.07, 6.45) is 6.67. The number of ether oxygens (including phenoxy) is 1. The van der Waals surface area contributed by atoms with Crippen LogP contribution >= 0.6 is 0 Å². The first kappa shape index (κ1) is 16.7. The lowest BCUT2D eigenvalue weighted by molar-refractivity contribution is 0.187. The van der Waals surface area contributed by atoms with Gasteiger partial charge in [-0.05, 0) is 44.0 Å². The van der Waals surface area contributed by atoms with Crippen molar-refractivity contribution in [2.45, 2.75) is 20.3 Å². The highest BCUT2D eigenvalue weighted by Crippen LogP contribution is 2.25. The van der Waals surface area contributed by atoms with Crippen LogP contribution in [0.3, 0.4) is 0 Å². The van der Waals surface area contributed by atoms with E-state index in [1.54, 1.807) is 0 Å². The number of anilines is 1. The van der Waals surface area contributed by atoms with Gasteiger partial charge in [0.15, 0.2) is 5.82 Å². The SMILES string of the molecule is Cc1nc(-c2cc(-c3cncc(NCC4CCOC4)c3)ccn2)[nH]c1C. The minimum absolute atomic E-state index is 0.580. The number of hydrogen-bond donors (Lipinski definition) is 2. The van der Waals surface area contributed by atoms with E-state index in [2.05, 4.69) is 31.3 Å². The molecule has 0 radical (unpaired) electrons. The Bertz CT molecular complexity index is 879. The second kappa shape index (κ2) is 7.25. The van der Waals surface area contributed by atoms with Crippen LogP contribution in [0.25, 0.3) is 22.6 Å². The minimum Gasteiger partial charge on any atom is -0.383 e. The number of aromatic nitrogens is 4. The van der Waals surface area contributed by atoms with E-state index in [0.29, 0.717) is 5.92 Å². The third-order valence-corrected chi connectivity index (χ3v) is 4.82. The molecule has 1 atom stereocenters. The van der Waals surface area contributed by atoms with Crippen LogP contribution in [-0.4, -0.2) is 39.7 Å². The van der Waals surface area contributed by atoms with Crippen molar-refractivity contribution in [1.29, 1.82) is 0 Å². The zero-order chi connectivity index (χ0) is 17.9. The summed E-state index contributed by atoms with van der Waals surface area (Å²) in [4.78, 5) is 16.7. The Kier molecular flexibility index (Phi) is 4.67. The van der Waals surface area contributed by atoms with Gasteiger partial charge in [-0.1, -0.05) is 0 Å². The third kappa shape index (κ3) is 3.60. The predicted molar refractivity (Wildman–Crippen MR) is 102 cm³/mol. The molecule has 3 aromatic heterocycles. The van der Waals surface area contributed by atoms with Gasteiger partial charge in [-0.3, -0.25) is 9.97 Å². The van der Waals surface area contributed by atoms with E-state index in [4.69, 9.17) is 4.74 Å². The van der Waals surface area contributed by atoms with Gasteiger partial charge in [-0.15, -0.1) is 0 Å². The molecular formula is C20H23N5O. The Morgan fingerprint density at radius 3 is 2.92 bits per heavy atom. The van der Waals surface area contributed by atoms with Crippen molar-refractivity contribution in [2.24, 2.45) is 5.92 Å². The van der Waals surface area contributed by atoms with Gasteiger partial charge in [-0.2, -0.15) is 0 Å². The number of H-pyrrole nitrogens is 1. The van der Waals surface area contributed by atoms with Crippen molar-refractivity contribution >= 4 is 5.69 Å². The molecule has 6 nitrogen and oxygen atoms in total. The largest absolute Gasteiger partial charge is 0.383 e. The summed E-state index contributed by atoms with van der Waals surface area (Å²) in [7, 11) is 0. The maximum atomic E-state index is 5.43. The van der Waals surface area contributed by atoms with E-state index in [1.165, 1.54) is 0 Å². The molecule has 2 N–H and O–H groups in total. The number of nitrogens with zero attached hydrogens (tertiary/aromatic N) is 3. The van der Waals surface area contributed by atoms with Crippen LogP contribution in [0.2, 0.25) is 0 Å². The number of aryl methyl sites for hydroxylation is 2. The van der Waals surface area contributed by atoms with Gasteiger partial charge in [0.25, 0.3) is 0 Å². The monoisotopic (exact) mass is 349 g/mol. The van der Waals surface area contributed by atoms with E-state index >= 15 is 0 Å². The lowest BCUT2D eigenvalue weighted by Gasteiger charge is -2.11. The normalized spacial score (nSPS) is 16.8. The molecule has 0 spiro atoms. The van der Waals surface area contributed by atoms with Crippen molar-refractivity contribution in [3.8, 4) is 22.6 Å². The average Bonchev–Trinajstić information content (AvgIpc) is 3.31. The summed E-state index contributed by atoms with van der Waals surface area (Å²) in [5, 5.41) is 3.48. The first-order valence-corrected chi connectivity index (χ1v) is 8.96. The second-order valence-electron chi connectivity index (χ2n) is 6.80. The molecule has 1 unspecified atom stereocenters. The molecule has 134 valence electrons. The number of nitrogens with one attached hydrogen (secondary N) is 2. The van der Waals surface area contributed by atoms with E-state index in [-0.39, 0.29) is 0 Å². The number of aromatic amines is 1. The van der Waals surface area contributed by atoms with Crippen LogP contribution in [0, 0.1) is 19.8 Å². The fraction of sp³-hybridized carbons (Fsp3) is 0.350. The van der Waals surface area contributed by atoms with Gasteiger partial charge in [0.05, 0.1) is 18.0 Å². The fourth-order valence-electron chi connectivity index (χ4n) is 3.11. The van der Waals surface area contributed by atoms with Gasteiger partial charge in [0.1, 0.15) is 5.69 Å². The molecule has 0 amide bonds. The Morgan fingerprint density at radius 1 is 1.23 bits per heavy atom. The summed E-state index contributed by atoms with van der Waals surface area (Å²) in [6.45, 7) is 6.64. The number of imidazole rings is 1. The number of pyridine rings is 2. The molecule has 1 fully saturated rings. The Balaban J connectivity index is 1.55. The first-order valence-electron chi connectivity index (χ1n) is 8.96. The van der Waals surface area contributed by atoms with Crippen molar-refractivity contribution in [3.63, 3.8) is 0 Å². The molecule has 4 rings (SSSR count). The zero-order valence-electron chi connectivity index (χ0n) is 15.1. The van der Waals surface area contributed by atoms with Crippen molar-refractivity contribution in [2.75, 3.05) is 25.1 Å². The van der Waals surface area contributed by atoms with Crippen LogP contribution in [0.15, 0.2) is 36.8 Å². The lowest BCUT2D eigenvalue weighted by Crippen LogP contribution is -2.14. The molecule has 1 aliphatic rings. The molecule has 1 saturated heterocycles. The molecule has 3 aromatic rings. The molecule has 0 aliphatic carbocycles. The predicted octanol–water partition coefficient (Wildman–Crippen LogP) is 3.60. The van der Waals surface area contributed by atoms with E-state index in [1.807, 2.05) is 44.6 Å². The smallest absolute Gasteiger partial charge is 0.156 e. The molecule has 0 bridgehead atoms. The number of rotatable bonds is 5. The average molecular weight is 349 g/mol. The van der Waals surface area contributed by atoms with Gasteiger partial charge < -0.3 is 15.0 Å². The van der Waals surface area contributed by atoms with Crippen LogP contribution in [0.1, 0.15) is 17.8 Å². The van der Waals surface area contributed by atoms with Crippen LogP contribution in [0.4, 0.5) is 5.69 Å². The summed E-state index contributed by atoms with van der Waals surface area (Å²) < 4.78 is 5.43. The molecule has 26 heavy (non-hydrogen) atoms. The summed E-state index contributed by atoms with van der Waals surface area (Å²) in [5.41, 5.74) is 6.05. The fourth-order valence-corrected chi connectivity index (χ4v) is 3.11. The highest BCUT2D eigenvalue weighted by molar-refractivity contribution is 5.70. The topological polar surface area (TPSA) is 75.7 Å². The first-order chi connectivity index (χ1) is 12.7. The highest BCUT2D eigenvalue weighted by Gasteiger charge is 2.15.